The van der Waals surface area contributed by atoms with Crippen LogP contribution in [0.1, 0.15) is 23.5 Å². The molecular formula is C17H15BrO3. The van der Waals surface area contributed by atoms with E-state index in [4.69, 9.17) is 0 Å². The van der Waals surface area contributed by atoms with Gasteiger partial charge in [0.05, 0.1) is 5.92 Å². The van der Waals surface area contributed by atoms with Crippen molar-refractivity contribution in [1.29, 1.82) is 0 Å². The largest absolute Gasteiger partial charge is 0.481 e. The lowest BCUT2D eigenvalue weighted by Crippen LogP contribution is -2.17. The van der Waals surface area contributed by atoms with Crippen LogP contribution in [0.3, 0.4) is 0 Å². The predicted octanol–water partition coefficient (Wildman–Crippen LogP) is 3.82. The van der Waals surface area contributed by atoms with E-state index in [2.05, 4.69) is 15.9 Å². The zero-order chi connectivity index (χ0) is 15.2. The van der Waals surface area contributed by atoms with Crippen LogP contribution in [0.5, 0.6) is 0 Å². The molecule has 0 aliphatic rings. The number of rotatable bonds is 6. The minimum atomic E-state index is -0.967. The molecule has 21 heavy (non-hydrogen) atoms. The third-order valence-corrected chi connectivity index (χ3v) is 3.78. The maximum absolute atomic E-state index is 12.1. The molecule has 2 aromatic rings. The van der Waals surface area contributed by atoms with E-state index in [0.717, 1.165) is 10.0 Å². The number of carbonyl (C=O) groups is 2. The second-order valence-electron chi connectivity index (χ2n) is 4.85. The monoisotopic (exact) mass is 346 g/mol. The highest BCUT2D eigenvalue weighted by Crippen LogP contribution is 2.21. The molecule has 3 nitrogen and oxygen atoms in total. The molecular weight excluding hydrogens is 332 g/mol. The van der Waals surface area contributed by atoms with Gasteiger partial charge in [0, 0.05) is 17.3 Å². The zero-order valence-electron chi connectivity index (χ0n) is 11.3. The molecule has 0 amide bonds. The van der Waals surface area contributed by atoms with Gasteiger partial charge in [-0.05, 0) is 23.3 Å². The van der Waals surface area contributed by atoms with Crippen molar-refractivity contribution < 1.29 is 14.7 Å². The van der Waals surface area contributed by atoms with Crippen molar-refractivity contribution in [3.8, 4) is 0 Å². The highest BCUT2D eigenvalue weighted by molar-refractivity contribution is 9.10. The lowest BCUT2D eigenvalue weighted by molar-refractivity contribution is -0.140. The minimum Gasteiger partial charge on any atom is -0.481 e. The van der Waals surface area contributed by atoms with Gasteiger partial charge in [0.25, 0.3) is 0 Å². The molecule has 0 bridgehead atoms. The van der Waals surface area contributed by atoms with Crippen molar-refractivity contribution in [2.75, 3.05) is 0 Å². The van der Waals surface area contributed by atoms with Gasteiger partial charge in [-0.2, -0.15) is 0 Å². The first-order chi connectivity index (χ1) is 10.1. The zero-order valence-corrected chi connectivity index (χ0v) is 12.9. The van der Waals surface area contributed by atoms with E-state index in [1.165, 1.54) is 0 Å². The van der Waals surface area contributed by atoms with Crippen molar-refractivity contribution in [3.05, 3.63) is 70.2 Å². The van der Waals surface area contributed by atoms with Crippen molar-refractivity contribution in [2.45, 2.75) is 18.8 Å². The van der Waals surface area contributed by atoms with Gasteiger partial charge in [0.15, 0.2) is 0 Å². The summed E-state index contributed by atoms with van der Waals surface area (Å²) in [5.41, 5.74) is 1.55. The summed E-state index contributed by atoms with van der Waals surface area (Å²) in [5.74, 6) is -1.83. The fourth-order valence-corrected chi connectivity index (χ4v) is 2.43. The van der Waals surface area contributed by atoms with Gasteiger partial charge < -0.3 is 5.11 Å². The average molecular weight is 347 g/mol. The van der Waals surface area contributed by atoms with Gasteiger partial charge in [-0.1, -0.05) is 58.4 Å². The first kappa shape index (κ1) is 15.4. The molecule has 0 saturated carbocycles. The standard InChI is InChI=1S/C17H15BrO3/c18-14-8-6-12(7-9-14)10-15(19)11-16(17(20)21)13-4-2-1-3-5-13/h1-9,16H,10-11H2,(H,20,21)/t16-/m0/s1. The summed E-state index contributed by atoms with van der Waals surface area (Å²) in [6, 6.07) is 16.3. The quantitative estimate of drug-likeness (QED) is 0.864. The lowest BCUT2D eigenvalue weighted by Gasteiger charge is -2.12. The highest BCUT2D eigenvalue weighted by Gasteiger charge is 2.22. The van der Waals surface area contributed by atoms with Crippen LogP contribution in [-0.2, 0) is 16.0 Å². The summed E-state index contributed by atoms with van der Waals surface area (Å²) < 4.78 is 0.950. The molecule has 2 rings (SSSR count). The molecule has 1 atom stereocenters. The van der Waals surface area contributed by atoms with Crippen molar-refractivity contribution >= 4 is 27.7 Å². The number of hydrogen-bond donors (Lipinski definition) is 1. The van der Waals surface area contributed by atoms with Gasteiger partial charge >= 0.3 is 5.97 Å². The number of Topliss-reactive ketones (excluding diaryl/α,β-unsaturated/α-hetero) is 1. The average Bonchev–Trinajstić information content (AvgIpc) is 2.48. The predicted molar refractivity (Wildman–Crippen MR) is 84.3 cm³/mol. The van der Waals surface area contributed by atoms with Crippen LogP contribution in [0.4, 0.5) is 0 Å². The van der Waals surface area contributed by atoms with Crippen molar-refractivity contribution in [1.82, 2.24) is 0 Å². The smallest absolute Gasteiger partial charge is 0.311 e. The SMILES string of the molecule is O=C(Cc1ccc(Br)cc1)C[C@H](C(=O)O)c1ccccc1. The molecule has 0 spiro atoms. The molecule has 0 unspecified atom stereocenters. The number of aliphatic carboxylic acids is 1. The van der Waals surface area contributed by atoms with Crippen LogP contribution in [0.2, 0.25) is 0 Å². The molecule has 0 radical (unpaired) electrons. The Morgan fingerprint density at radius 1 is 1.00 bits per heavy atom. The Hall–Kier alpha value is -1.94. The van der Waals surface area contributed by atoms with E-state index >= 15 is 0 Å². The Morgan fingerprint density at radius 3 is 2.19 bits per heavy atom. The van der Waals surface area contributed by atoms with Crippen LogP contribution >= 0.6 is 15.9 Å². The number of carboxylic acid groups (broad SMARTS) is 1. The van der Waals surface area contributed by atoms with Crippen molar-refractivity contribution in [3.63, 3.8) is 0 Å². The first-order valence-electron chi connectivity index (χ1n) is 6.60. The Kier molecular flexibility index (Phi) is 5.28. The summed E-state index contributed by atoms with van der Waals surface area (Å²) in [5, 5.41) is 9.32. The highest BCUT2D eigenvalue weighted by atomic mass is 79.9. The second-order valence-corrected chi connectivity index (χ2v) is 5.76. The second kappa shape index (κ2) is 7.18. The maximum atomic E-state index is 12.1. The normalized spacial score (nSPS) is 11.9. The number of ketones is 1. The summed E-state index contributed by atoms with van der Waals surface area (Å²) in [7, 11) is 0. The number of halogens is 1. The molecule has 0 saturated heterocycles. The van der Waals surface area contributed by atoms with E-state index < -0.39 is 11.9 Å². The van der Waals surface area contributed by atoms with Crippen molar-refractivity contribution in [2.24, 2.45) is 0 Å². The van der Waals surface area contributed by atoms with Gasteiger partial charge in [0.1, 0.15) is 5.78 Å². The van der Waals surface area contributed by atoms with E-state index in [-0.39, 0.29) is 18.6 Å². The Labute approximate surface area is 131 Å². The topological polar surface area (TPSA) is 54.4 Å². The van der Waals surface area contributed by atoms with Crippen LogP contribution in [-0.4, -0.2) is 16.9 Å². The van der Waals surface area contributed by atoms with Gasteiger partial charge in [-0.15, -0.1) is 0 Å². The summed E-state index contributed by atoms with van der Waals surface area (Å²) in [6.45, 7) is 0. The lowest BCUT2D eigenvalue weighted by atomic mass is 9.92. The Bertz CT molecular complexity index is 620. The molecule has 1 N–H and O–H groups in total. The van der Waals surface area contributed by atoms with E-state index in [9.17, 15) is 14.7 Å². The van der Waals surface area contributed by atoms with Gasteiger partial charge in [-0.3, -0.25) is 9.59 Å². The maximum Gasteiger partial charge on any atom is 0.311 e. The van der Waals surface area contributed by atoms with E-state index in [1.807, 2.05) is 30.3 Å². The van der Waals surface area contributed by atoms with E-state index in [0.29, 0.717) is 5.56 Å². The number of hydrogen-bond acceptors (Lipinski definition) is 2. The molecule has 0 aliphatic carbocycles. The van der Waals surface area contributed by atoms with Gasteiger partial charge in [-0.25, -0.2) is 0 Å². The molecule has 0 heterocycles. The minimum absolute atomic E-state index is 0.00934. The fraction of sp³-hybridized carbons (Fsp3) is 0.176. The molecule has 0 aliphatic heterocycles. The number of carbonyl (C=O) groups excluding carboxylic acids is 1. The molecule has 0 fully saturated rings. The van der Waals surface area contributed by atoms with Crippen LogP contribution < -0.4 is 0 Å². The number of carboxylic acids is 1. The first-order valence-corrected chi connectivity index (χ1v) is 7.39. The van der Waals surface area contributed by atoms with Crippen LogP contribution in [0.25, 0.3) is 0 Å². The molecule has 4 heteroatoms. The Balaban J connectivity index is 2.05. The summed E-state index contributed by atoms with van der Waals surface area (Å²) in [4.78, 5) is 23.5. The van der Waals surface area contributed by atoms with Crippen LogP contribution in [0.15, 0.2) is 59.1 Å². The fourth-order valence-electron chi connectivity index (χ4n) is 2.16. The van der Waals surface area contributed by atoms with Crippen LogP contribution in [0, 0.1) is 0 Å². The van der Waals surface area contributed by atoms with E-state index in [1.54, 1.807) is 24.3 Å². The molecule has 108 valence electrons. The number of benzene rings is 2. The molecule has 0 aromatic heterocycles. The Morgan fingerprint density at radius 2 is 1.62 bits per heavy atom. The third kappa shape index (κ3) is 4.53. The molecule has 2 aromatic carbocycles. The van der Waals surface area contributed by atoms with Gasteiger partial charge in [0.2, 0.25) is 0 Å². The summed E-state index contributed by atoms with van der Waals surface area (Å²) in [6.07, 6.45) is 0.263. The third-order valence-electron chi connectivity index (χ3n) is 3.25. The summed E-state index contributed by atoms with van der Waals surface area (Å²) >= 11 is 3.34.